The third-order valence-electron chi connectivity index (χ3n) is 2.46. The maximum absolute atomic E-state index is 5.54. The SMILES string of the molecule is C(#C[Se]c1ccccc1)COC1CCCCO1. The molecule has 90 valence electrons. The van der Waals surface area contributed by atoms with Crippen molar-refractivity contribution in [2.45, 2.75) is 25.6 Å². The van der Waals surface area contributed by atoms with E-state index >= 15 is 0 Å². The van der Waals surface area contributed by atoms with E-state index in [2.05, 4.69) is 22.9 Å². The number of benzene rings is 1. The Balaban J connectivity index is 1.65. The van der Waals surface area contributed by atoms with E-state index in [9.17, 15) is 0 Å². The molecule has 1 atom stereocenters. The molecule has 2 rings (SSSR count). The van der Waals surface area contributed by atoms with Crippen molar-refractivity contribution in [3.05, 3.63) is 30.3 Å². The van der Waals surface area contributed by atoms with Gasteiger partial charge in [0.15, 0.2) is 0 Å². The molecule has 1 fully saturated rings. The van der Waals surface area contributed by atoms with Crippen molar-refractivity contribution in [1.29, 1.82) is 0 Å². The van der Waals surface area contributed by atoms with E-state index in [1.165, 1.54) is 10.9 Å². The number of ether oxygens (including phenoxy) is 2. The topological polar surface area (TPSA) is 18.5 Å². The van der Waals surface area contributed by atoms with Gasteiger partial charge in [-0.1, -0.05) is 0 Å². The third-order valence-corrected chi connectivity index (χ3v) is 4.05. The van der Waals surface area contributed by atoms with Crippen LogP contribution in [0.3, 0.4) is 0 Å². The van der Waals surface area contributed by atoms with Crippen molar-refractivity contribution in [3.63, 3.8) is 0 Å². The Bertz CT molecular complexity index is 374. The van der Waals surface area contributed by atoms with Crippen LogP contribution in [0, 0.1) is 10.7 Å². The van der Waals surface area contributed by atoms with Crippen LogP contribution in [0.15, 0.2) is 30.3 Å². The summed E-state index contributed by atoms with van der Waals surface area (Å²) in [5.74, 6) is 3.06. The van der Waals surface area contributed by atoms with Crippen LogP contribution >= 0.6 is 0 Å². The van der Waals surface area contributed by atoms with E-state index in [-0.39, 0.29) is 21.2 Å². The van der Waals surface area contributed by atoms with Gasteiger partial charge in [0.25, 0.3) is 0 Å². The molecule has 0 radical (unpaired) electrons. The fourth-order valence-corrected chi connectivity index (χ4v) is 2.73. The monoisotopic (exact) mass is 296 g/mol. The first-order valence-electron chi connectivity index (χ1n) is 5.88. The first-order chi connectivity index (χ1) is 8.45. The third kappa shape index (κ3) is 4.93. The molecule has 1 aliphatic heterocycles. The molecule has 1 heterocycles. The number of rotatable bonds is 3. The molecule has 1 aromatic rings. The van der Waals surface area contributed by atoms with Gasteiger partial charge in [0.05, 0.1) is 0 Å². The van der Waals surface area contributed by atoms with Crippen molar-refractivity contribution >= 4 is 19.4 Å². The summed E-state index contributed by atoms with van der Waals surface area (Å²) in [5.41, 5.74) is 0. The molecule has 0 amide bonds. The molecule has 1 aromatic carbocycles. The van der Waals surface area contributed by atoms with Gasteiger partial charge in [0.2, 0.25) is 0 Å². The Morgan fingerprint density at radius 2 is 2.18 bits per heavy atom. The Labute approximate surface area is 109 Å². The van der Waals surface area contributed by atoms with Crippen LogP contribution in [0.25, 0.3) is 0 Å². The minimum absolute atomic E-state index is 0.0257. The van der Waals surface area contributed by atoms with Crippen molar-refractivity contribution < 1.29 is 9.47 Å². The number of hydrogen-bond acceptors (Lipinski definition) is 2. The van der Waals surface area contributed by atoms with Gasteiger partial charge < -0.3 is 0 Å². The van der Waals surface area contributed by atoms with Crippen LogP contribution in [-0.4, -0.2) is 34.5 Å². The van der Waals surface area contributed by atoms with E-state index in [0.29, 0.717) is 6.61 Å². The zero-order chi connectivity index (χ0) is 11.8. The molecule has 0 bridgehead atoms. The second-order valence-electron chi connectivity index (χ2n) is 3.80. The first kappa shape index (κ1) is 12.7. The second kappa shape index (κ2) is 7.53. The average molecular weight is 295 g/mol. The van der Waals surface area contributed by atoms with E-state index in [1.54, 1.807) is 0 Å². The zero-order valence-electron chi connectivity index (χ0n) is 9.72. The maximum atomic E-state index is 5.54. The van der Waals surface area contributed by atoms with Gasteiger partial charge in [0, 0.05) is 0 Å². The number of hydrogen-bond donors (Lipinski definition) is 0. The Morgan fingerprint density at radius 3 is 2.94 bits per heavy atom. The van der Waals surface area contributed by atoms with Crippen LogP contribution in [0.4, 0.5) is 0 Å². The zero-order valence-corrected chi connectivity index (χ0v) is 11.4. The van der Waals surface area contributed by atoms with E-state index in [4.69, 9.17) is 9.47 Å². The molecule has 0 N–H and O–H groups in total. The van der Waals surface area contributed by atoms with Gasteiger partial charge in [-0.2, -0.15) is 0 Å². The molecule has 0 aromatic heterocycles. The molecular weight excluding hydrogens is 279 g/mol. The van der Waals surface area contributed by atoms with E-state index < -0.39 is 0 Å². The molecule has 1 aliphatic rings. The second-order valence-corrected chi connectivity index (χ2v) is 5.65. The van der Waals surface area contributed by atoms with Gasteiger partial charge in [0.1, 0.15) is 0 Å². The summed E-state index contributed by atoms with van der Waals surface area (Å²) in [6, 6.07) is 10.3. The Kier molecular flexibility index (Phi) is 5.61. The molecule has 0 saturated carbocycles. The summed E-state index contributed by atoms with van der Waals surface area (Å²) in [5, 5.41) is 0. The van der Waals surface area contributed by atoms with Gasteiger partial charge >= 0.3 is 109 Å². The molecule has 0 aliphatic carbocycles. The summed E-state index contributed by atoms with van der Waals surface area (Å²) in [4.78, 5) is 3.17. The minimum atomic E-state index is -0.0257. The van der Waals surface area contributed by atoms with Crippen LogP contribution in [0.5, 0.6) is 0 Å². The summed E-state index contributed by atoms with van der Waals surface area (Å²) < 4.78 is 12.3. The van der Waals surface area contributed by atoms with Gasteiger partial charge in [-0.05, 0) is 0 Å². The molecule has 0 spiro atoms. The molecule has 1 saturated heterocycles. The van der Waals surface area contributed by atoms with E-state index in [1.807, 2.05) is 18.2 Å². The molecule has 3 heteroatoms. The standard InChI is InChI=1S/C14H16O2Se/c1-2-7-13(8-3-1)17-12-6-11-16-14-9-4-5-10-15-14/h1-3,7-8,14H,4-5,9-11H2. The summed E-state index contributed by atoms with van der Waals surface area (Å²) in [6.07, 6.45) is 3.34. The summed E-state index contributed by atoms with van der Waals surface area (Å²) in [7, 11) is 0. The van der Waals surface area contributed by atoms with E-state index in [0.717, 1.165) is 19.4 Å². The van der Waals surface area contributed by atoms with Crippen molar-refractivity contribution in [3.8, 4) is 10.7 Å². The van der Waals surface area contributed by atoms with Crippen molar-refractivity contribution in [2.24, 2.45) is 0 Å². The van der Waals surface area contributed by atoms with Crippen LogP contribution in [-0.2, 0) is 9.47 Å². The molecular formula is C14H16O2Se. The van der Waals surface area contributed by atoms with Crippen LogP contribution in [0.1, 0.15) is 19.3 Å². The van der Waals surface area contributed by atoms with Gasteiger partial charge in [-0.15, -0.1) is 0 Å². The normalized spacial score (nSPS) is 19.4. The molecule has 17 heavy (non-hydrogen) atoms. The van der Waals surface area contributed by atoms with Gasteiger partial charge in [-0.25, -0.2) is 0 Å². The Morgan fingerprint density at radius 1 is 1.29 bits per heavy atom. The predicted octanol–water partition coefficient (Wildman–Crippen LogP) is 1.52. The summed E-state index contributed by atoms with van der Waals surface area (Å²) >= 11 is 0.234. The fraction of sp³-hybridized carbons (Fsp3) is 0.429. The fourth-order valence-electron chi connectivity index (χ4n) is 1.59. The Hall–Kier alpha value is -0.781. The summed E-state index contributed by atoms with van der Waals surface area (Å²) in [6.45, 7) is 1.31. The van der Waals surface area contributed by atoms with Crippen LogP contribution < -0.4 is 4.46 Å². The van der Waals surface area contributed by atoms with Crippen molar-refractivity contribution in [1.82, 2.24) is 0 Å². The van der Waals surface area contributed by atoms with Crippen molar-refractivity contribution in [2.75, 3.05) is 13.2 Å². The molecule has 1 unspecified atom stereocenters. The average Bonchev–Trinajstić information content (AvgIpc) is 2.41. The molecule has 2 nitrogen and oxygen atoms in total. The van der Waals surface area contributed by atoms with Gasteiger partial charge in [-0.3, -0.25) is 0 Å². The quantitative estimate of drug-likeness (QED) is 0.622. The first-order valence-corrected chi connectivity index (χ1v) is 7.59. The van der Waals surface area contributed by atoms with Crippen LogP contribution in [0.2, 0.25) is 0 Å². The predicted molar refractivity (Wildman–Crippen MR) is 69.1 cm³/mol.